The first-order chi connectivity index (χ1) is 48.4. The number of amides is 3. The Morgan fingerprint density at radius 1 is 0.644 bits per heavy atom. The van der Waals surface area contributed by atoms with Gasteiger partial charge in [0.2, 0.25) is 11.8 Å². The third-order valence-electron chi connectivity index (χ3n) is 20.3. The summed E-state index contributed by atoms with van der Waals surface area (Å²) in [4.78, 5) is 72.7. The molecule has 10 rings (SSSR count). The number of likely N-dealkylation sites (tertiary alicyclic amines) is 2. The van der Waals surface area contributed by atoms with Crippen molar-refractivity contribution in [1.82, 2.24) is 24.5 Å². The number of esters is 2. The fourth-order valence-corrected chi connectivity index (χ4v) is 14.1. The molecule has 0 radical (unpaired) electrons. The molecule has 3 aliphatic heterocycles. The monoisotopic (exact) mass is 1400 g/mol. The van der Waals surface area contributed by atoms with Gasteiger partial charge < -0.3 is 43.4 Å². The molecule has 6 aromatic rings. The zero-order valence-electron chi connectivity index (χ0n) is 58.6. The lowest BCUT2D eigenvalue weighted by molar-refractivity contribution is -0.150. The van der Waals surface area contributed by atoms with Gasteiger partial charge in [0.25, 0.3) is 5.91 Å². The average molecular weight is 1400 g/mol. The molecule has 0 unspecified atom stereocenters. The van der Waals surface area contributed by atoms with E-state index in [0.717, 1.165) is 130 Å². The number of rotatable bonds is 29. The molecule has 3 heterocycles. The summed E-state index contributed by atoms with van der Waals surface area (Å²) < 4.78 is 119. The van der Waals surface area contributed by atoms with Crippen molar-refractivity contribution in [3.8, 4) is 11.1 Å². The second-order valence-electron chi connectivity index (χ2n) is 27.3. The van der Waals surface area contributed by atoms with Crippen molar-refractivity contribution in [2.75, 3.05) is 92.9 Å². The van der Waals surface area contributed by atoms with Gasteiger partial charge in [-0.3, -0.25) is 24.0 Å². The maximum absolute atomic E-state index is 14.0. The standard InChI is InChI=1S/C42H56N2O5.C38H40F7N3O4/c1-3-4-31-48-41(46)32-35-23-21-34(22-24-35)15-9-6-5-7-12-20-40(45)43(2)29-30-44-27-25-38(26-28-44)49-42(47)33-37-18-13-14-19-39(37)36-16-10-8-11-17-36;1-3-46(2)33(49)22-51-32-20-25-6-4-5-7-31(25)35(32)12-15-47(16-13-35)17-14-36(27-8-10-30(39)11-9-27)23-48(24-52-36)34(50)26-18-28(37(40,41)42)21-29(19-26)38(43,44)45/h8,10-11,13-14,16-19,21-24,38H,3-7,9,12,15,20,25-33H2,1-2H3;4-11,18-19,21,32H,3,12-17,20,22-24H2,1-2H3/t;32-,36-/m.0/s1. The number of carbonyl (C=O) groups is 5. The normalized spacial score (nSPS) is 17.8. The number of aryl methyl sites for hydroxylation is 1. The van der Waals surface area contributed by atoms with Gasteiger partial charge in [-0.15, -0.1) is 0 Å². The van der Waals surface area contributed by atoms with E-state index < -0.39 is 53.1 Å². The summed E-state index contributed by atoms with van der Waals surface area (Å²) in [5.41, 5.74) is 2.96. The van der Waals surface area contributed by atoms with Crippen LogP contribution in [0.15, 0.2) is 146 Å². The van der Waals surface area contributed by atoms with E-state index in [4.69, 9.17) is 18.9 Å². The average Bonchev–Trinajstić information content (AvgIpc) is 1.61. The summed E-state index contributed by atoms with van der Waals surface area (Å²) in [7, 11) is 3.64. The number of ether oxygens (including phenoxy) is 4. The number of hydrogen-bond acceptors (Lipinski definition) is 11. The predicted molar refractivity (Wildman–Crippen MR) is 373 cm³/mol. The summed E-state index contributed by atoms with van der Waals surface area (Å²) in [6.07, 6.45) is 3.29. The van der Waals surface area contributed by atoms with E-state index in [1.807, 2.05) is 79.5 Å². The van der Waals surface area contributed by atoms with Gasteiger partial charge in [0.1, 0.15) is 30.9 Å². The van der Waals surface area contributed by atoms with Crippen molar-refractivity contribution < 1.29 is 73.7 Å². The van der Waals surface area contributed by atoms with Crippen LogP contribution in [0.25, 0.3) is 11.1 Å². The molecular formula is C80H96F7N5O9. The summed E-state index contributed by atoms with van der Waals surface area (Å²) >= 11 is 0. The number of halogens is 7. The van der Waals surface area contributed by atoms with Crippen molar-refractivity contribution in [3.63, 3.8) is 0 Å². The van der Waals surface area contributed by atoms with Crippen LogP contribution in [0.5, 0.6) is 0 Å². The van der Waals surface area contributed by atoms with Crippen molar-refractivity contribution in [2.24, 2.45) is 0 Å². The molecule has 3 amide bonds. The number of likely N-dealkylation sites (N-methyl/N-ethyl adjacent to an activating group) is 2. The van der Waals surface area contributed by atoms with Crippen LogP contribution < -0.4 is 0 Å². The van der Waals surface area contributed by atoms with E-state index in [1.165, 1.54) is 41.0 Å². The van der Waals surface area contributed by atoms with Gasteiger partial charge in [-0.2, -0.15) is 26.3 Å². The molecule has 3 saturated heterocycles. The van der Waals surface area contributed by atoms with Crippen LogP contribution in [0.4, 0.5) is 30.7 Å². The molecule has 3 fully saturated rings. The number of piperidine rings is 2. The molecule has 1 aliphatic carbocycles. The van der Waals surface area contributed by atoms with E-state index in [1.54, 1.807) is 11.9 Å². The number of benzene rings is 6. The quantitative estimate of drug-likeness (QED) is 0.0252. The first-order valence-corrected chi connectivity index (χ1v) is 35.6. The van der Waals surface area contributed by atoms with Crippen molar-refractivity contribution >= 4 is 29.7 Å². The molecule has 0 saturated carbocycles. The molecule has 544 valence electrons. The van der Waals surface area contributed by atoms with E-state index >= 15 is 0 Å². The number of carbonyl (C=O) groups excluding carboxylic acids is 5. The lowest BCUT2D eigenvalue weighted by atomic mass is 9.72. The minimum Gasteiger partial charge on any atom is -0.465 e. The van der Waals surface area contributed by atoms with E-state index in [2.05, 4.69) is 59.2 Å². The van der Waals surface area contributed by atoms with Crippen molar-refractivity contribution in [1.29, 1.82) is 0 Å². The molecule has 101 heavy (non-hydrogen) atoms. The van der Waals surface area contributed by atoms with Crippen molar-refractivity contribution in [2.45, 2.75) is 159 Å². The summed E-state index contributed by atoms with van der Waals surface area (Å²) in [5.74, 6) is -1.75. The minimum absolute atomic E-state index is 0.0147. The third-order valence-corrected chi connectivity index (χ3v) is 20.3. The van der Waals surface area contributed by atoms with Crippen LogP contribution in [0.3, 0.4) is 0 Å². The molecule has 1 spiro atoms. The lowest BCUT2D eigenvalue weighted by Gasteiger charge is -2.44. The second kappa shape index (κ2) is 36.2. The van der Waals surface area contributed by atoms with Crippen LogP contribution >= 0.6 is 0 Å². The molecule has 0 aromatic heterocycles. The molecule has 6 aromatic carbocycles. The Balaban J connectivity index is 0.000000236. The molecule has 0 N–H and O–H groups in total. The Morgan fingerprint density at radius 3 is 1.96 bits per heavy atom. The number of alkyl halides is 6. The van der Waals surface area contributed by atoms with Crippen LogP contribution in [-0.2, 0) is 87.2 Å². The molecule has 4 aliphatic rings. The molecule has 0 bridgehead atoms. The number of unbranched alkanes of at least 4 members (excludes halogenated alkanes) is 5. The number of hydrogen-bond donors (Lipinski definition) is 0. The van der Waals surface area contributed by atoms with Gasteiger partial charge in [0.15, 0.2) is 0 Å². The third kappa shape index (κ3) is 21.5. The minimum atomic E-state index is -5.11. The highest BCUT2D eigenvalue weighted by Crippen LogP contribution is 2.48. The van der Waals surface area contributed by atoms with Crippen LogP contribution in [0.2, 0.25) is 0 Å². The van der Waals surface area contributed by atoms with Crippen LogP contribution in [-0.4, -0.2) is 159 Å². The fraction of sp³-hybridized carbons (Fsp3) is 0.487. The fourth-order valence-electron chi connectivity index (χ4n) is 14.1. The Bertz CT molecular complexity index is 3640. The summed E-state index contributed by atoms with van der Waals surface area (Å²) in [5, 5.41) is 0. The second-order valence-corrected chi connectivity index (χ2v) is 27.3. The predicted octanol–water partition coefficient (Wildman–Crippen LogP) is 14.9. The van der Waals surface area contributed by atoms with E-state index in [0.29, 0.717) is 76.2 Å². The maximum atomic E-state index is 14.0. The first kappa shape index (κ1) is 77.2. The van der Waals surface area contributed by atoms with E-state index in [9.17, 15) is 54.7 Å². The Labute approximate surface area is 589 Å². The highest BCUT2D eigenvalue weighted by molar-refractivity contribution is 5.95. The van der Waals surface area contributed by atoms with Gasteiger partial charge >= 0.3 is 24.3 Å². The smallest absolute Gasteiger partial charge is 0.416 e. The number of fused-ring (bicyclic) bond motifs is 2. The molecular weight excluding hydrogens is 1310 g/mol. The Hall–Kier alpha value is -7.98. The van der Waals surface area contributed by atoms with Gasteiger partial charge in [-0.05, 0) is 159 Å². The van der Waals surface area contributed by atoms with E-state index in [-0.39, 0.29) is 67.0 Å². The maximum Gasteiger partial charge on any atom is 0.416 e. The first-order valence-electron chi connectivity index (χ1n) is 35.6. The van der Waals surface area contributed by atoms with Crippen molar-refractivity contribution in [3.05, 3.63) is 201 Å². The SMILES string of the molecule is CCCCOC(=O)Cc1ccc(CCCCCCCC(=O)N(C)CCN2CCC(OC(=O)Cc3ccccc3-c3ccccc3)CC2)cc1.CCN(C)C(=O)CO[C@H]1Cc2ccccc2C12CCN(CC[C@@]1(c3ccc(F)cc3)CN(C(=O)c3cc(C(F)(F)F)cc(C(F)(F)F)c3)CO1)CC2. The summed E-state index contributed by atoms with van der Waals surface area (Å²) in [6, 6.07) is 41.0. The molecule has 21 heteroatoms. The van der Waals surface area contributed by atoms with Crippen LogP contribution in [0, 0.1) is 5.82 Å². The van der Waals surface area contributed by atoms with Crippen LogP contribution in [0.1, 0.15) is 152 Å². The van der Waals surface area contributed by atoms with Gasteiger partial charge in [0.05, 0.1) is 43.2 Å². The van der Waals surface area contributed by atoms with Gasteiger partial charge in [-0.1, -0.05) is 148 Å². The molecule has 14 nitrogen and oxygen atoms in total. The largest absolute Gasteiger partial charge is 0.465 e. The zero-order valence-corrected chi connectivity index (χ0v) is 58.6. The summed E-state index contributed by atoms with van der Waals surface area (Å²) in [6.45, 7) is 9.62. The topological polar surface area (TPSA) is 138 Å². The van der Waals surface area contributed by atoms with Gasteiger partial charge in [0, 0.05) is 70.8 Å². The van der Waals surface area contributed by atoms with Gasteiger partial charge in [-0.25, -0.2) is 4.39 Å². The lowest BCUT2D eigenvalue weighted by Crippen LogP contribution is -2.49. The highest BCUT2D eigenvalue weighted by atomic mass is 19.4. The zero-order chi connectivity index (χ0) is 72.2. The number of nitrogens with zero attached hydrogens (tertiary/aromatic N) is 5. The Kier molecular flexibility index (Phi) is 27.7. The highest BCUT2D eigenvalue weighted by Gasteiger charge is 2.50. The Morgan fingerprint density at radius 2 is 1.28 bits per heavy atom. The molecule has 2 atom stereocenters.